The third-order valence-electron chi connectivity index (χ3n) is 2.52. The van der Waals surface area contributed by atoms with Crippen LogP contribution in [-0.2, 0) is 10.2 Å². The van der Waals surface area contributed by atoms with E-state index < -0.39 is 25.9 Å². The molecule has 21 heavy (non-hydrogen) atoms. The zero-order chi connectivity index (χ0) is 15.6. The van der Waals surface area contributed by atoms with Gasteiger partial charge in [-0.1, -0.05) is 12.1 Å². The molecule has 2 aromatic rings. The van der Waals surface area contributed by atoms with Crippen LogP contribution < -0.4 is 5.32 Å². The number of aromatic nitrogens is 1. The van der Waals surface area contributed by atoms with Crippen molar-refractivity contribution in [3.05, 3.63) is 52.3 Å². The molecule has 110 valence electrons. The predicted molar refractivity (Wildman–Crippen MR) is 70.1 cm³/mol. The molecule has 0 unspecified atom stereocenters. The second-order valence-corrected chi connectivity index (χ2v) is 5.23. The minimum atomic E-state index is -5.00. The summed E-state index contributed by atoms with van der Waals surface area (Å²) in [6, 6.07) is 5.86. The molecule has 2 rings (SSSR count). The molecule has 0 aliphatic rings. The number of nitrogens with one attached hydrogen (secondary N) is 2. The van der Waals surface area contributed by atoms with Gasteiger partial charge in [0.1, 0.15) is 10.6 Å². The Morgan fingerprint density at radius 2 is 2.00 bits per heavy atom. The van der Waals surface area contributed by atoms with Crippen molar-refractivity contribution in [1.82, 2.24) is 4.98 Å². The second kappa shape index (κ2) is 5.32. The number of carbonyl (C=O) groups excluding carboxylic acids is 1. The number of hydrogen-bond donors (Lipinski definition) is 2. The van der Waals surface area contributed by atoms with Crippen LogP contribution in [0.3, 0.4) is 0 Å². The summed E-state index contributed by atoms with van der Waals surface area (Å²) in [6.45, 7) is 0. The maximum atomic E-state index is 13.1. The quantitative estimate of drug-likeness (QED) is 0.506. The van der Waals surface area contributed by atoms with E-state index in [2.05, 4.69) is 10.3 Å². The Kier molecular flexibility index (Phi) is 3.72. The van der Waals surface area contributed by atoms with Crippen molar-refractivity contribution in [3.8, 4) is 0 Å². The minimum absolute atomic E-state index is 0.159. The molecule has 0 aliphatic carbocycles. The van der Waals surface area contributed by atoms with Gasteiger partial charge in [-0.2, -0.15) is 8.42 Å². The van der Waals surface area contributed by atoms with E-state index in [0.717, 1.165) is 18.3 Å². The Morgan fingerprint density at radius 3 is 2.57 bits per heavy atom. The average Bonchev–Trinajstić information content (AvgIpc) is 2.88. The normalized spacial score (nSPS) is 11.1. The Morgan fingerprint density at radius 1 is 1.33 bits per heavy atom. The summed E-state index contributed by atoms with van der Waals surface area (Å²) in [5.74, 6) is -0.834. The smallest absolute Gasteiger partial charge is 0.334 e. The highest BCUT2D eigenvalue weighted by Gasteiger charge is 2.20. The molecule has 1 amide bonds. The van der Waals surface area contributed by atoms with Gasteiger partial charge in [0.15, 0.2) is 0 Å². The van der Waals surface area contributed by atoms with E-state index in [1.807, 2.05) is 0 Å². The van der Waals surface area contributed by atoms with Gasteiger partial charge in [-0.05, 0) is 12.1 Å². The van der Waals surface area contributed by atoms with Gasteiger partial charge in [-0.3, -0.25) is 14.9 Å². The summed E-state index contributed by atoms with van der Waals surface area (Å²) in [5, 5.41) is 12.7. The Balaban J connectivity index is 2.30. The lowest BCUT2D eigenvalue weighted by atomic mass is 10.3. The van der Waals surface area contributed by atoms with Crippen LogP contribution in [0.2, 0.25) is 0 Å². The highest BCUT2D eigenvalue weighted by molar-refractivity contribution is 7.86. The van der Waals surface area contributed by atoms with E-state index in [4.69, 9.17) is 0 Å². The van der Waals surface area contributed by atoms with Crippen LogP contribution in [-0.4, -0.2) is 24.2 Å². The first-order valence-corrected chi connectivity index (χ1v) is 6.85. The van der Waals surface area contributed by atoms with Gasteiger partial charge >= 0.3 is 10.2 Å². The SMILES string of the molecule is O=C(Nc1ccccc1S(=O)(=O)F)c1cc([N+](=O)[O-])c[nH]1. The summed E-state index contributed by atoms with van der Waals surface area (Å²) < 4.78 is 35.0. The van der Waals surface area contributed by atoms with Crippen LogP contribution in [0.4, 0.5) is 15.3 Å². The number of nitrogens with zero attached hydrogens (tertiary/aromatic N) is 1. The molecule has 1 aromatic carbocycles. The van der Waals surface area contributed by atoms with Gasteiger partial charge in [0.2, 0.25) is 0 Å². The van der Waals surface area contributed by atoms with Gasteiger partial charge in [0, 0.05) is 6.07 Å². The highest BCUT2D eigenvalue weighted by Crippen LogP contribution is 2.23. The maximum Gasteiger partial charge on any atom is 0.334 e. The molecule has 1 aromatic heterocycles. The van der Waals surface area contributed by atoms with Crippen LogP contribution >= 0.6 is 0 Å². The number of hydrogen-bond acceptors (Lipinski definition) is 5. The molecule has 1 heterocycles. The summed E-state index contributed by atoms with van der Waals surface area (Å²) >= 11 is 0. The van der Waals surface area contributed by atoms with E-state index in [0.29, 0.717) is 0 Å². The third-order valence-corrected chi connectivity index (χ3v) is 3.40. The summed E-state index contributed by atoms with van der Waals surface area (Å²) in [5.41, 5.74) is -0.749. The lowest BCUT2D eigenvalue weighted by Gasteiger charge is -2.06. The van der Waals surface area contributed by atoms with Crippen LogP contribution in [0.15, 0.2) is 41.4 Å². The number of carbonyl (C=O) groups is 1. The lowest BCUT2D eigenvalue weighted by Crippen LogP contribution is -2.14. The standard InChI is InChI=1S/C11H8FN3O5S/c12-21(19,20)10-4-2-1-3-8(10)14-11(16)9-5-7(6-13-9)15(17)18/h1-6,13H,(H,14,16). The molecule has 10 heteroatoms. The number of nitro groups is 1. The highest BCUT2D eigenvalue weighted by atomic mass is 32.3. The number of anilines is 1. The van der Waals surface area contributed by atoms with Gasteiger partial charge in [-0.15, -0.1) is 3.89 Å². The second-order valence-electron chi connectivity index (χ2n) is 3.92. The minimum Gasteiger partial charge on any atom is -0.351 e. The fraction of sp³-hybridized carbons (Fsp3) is 0. The molecule has 0 fully saturated rings. The molecule has 0 radical (unpaired) electrons. The predicted octanol–water partition coefficient (Wildman–Crippen LogP) is 1.83. The first-order valence-electron chi connectivity index (χ1n) is 5.47. The molecular formula is C11H8FN3O5S. The van der Waals surface area contributed by atoms with Crippen LogP contribution in [0, 0.1) is 10.1 Å². The molecule has 0 atom stereocenters. The number of halogens is 1. The fourth-order valence-electron chi connectivity index (χ4n) is 1.59. The first kappa shape index (κ1) is 14.7. The number of para-hydroxylation sites is 1. The Hall–Kier alpha value is -2.75. The fourth-order valence-corrected chi connectivity index (χ4v) is 2.21. The molecule has 8 nitrogen and oxygen atoms in total. The number of amides is 1. The topological polar surface area (TPSA) is 122 Å². The number of benzene rings is 1. The van der Waals surface area contributed by atoms with Crippen molar-refractivity contribution in [2.24, 2.45) is 0 Å². The van der Waals surface area contributed by atoms with Gasteiger partial charge < -0.3 is 10.3 Å². The van der Waals surface area contributed by atoms with Crippen molar-refractivity contribution in [2.45, 2.75) is 4.90 Å². The maximum absolute atomic E-state index is 13.1. The summed E-state index contributed by atoms with van der Waals surface area (Å²) in [7, 11) is -5.00. The van der Waals surface area contributed by atoms with E-state index >= 15 is 0 Å². The number of aromatic amines is 1. The third kappa shape index (κ3) is 3.23. The van der Waals surface area contributed by atoms with Crippen molar-refractivity contribution >= 4 is 27.5 Å². The average molecular weight is 313 g/mol. The Bertz CT molecular complexity index is 815. The lowest BCUT2D eigenvalue weighted by molar-refractivity contribution is -0.384. The zero-order valence-corrected chi connectivity index (χ0v) is 11.1. The molecule has 0 saturated carbocycles. The molecule has 0 spiro atoms. The van der Waals surface area contributed by atoms with Crippen LogP contribution in [0.1, 0.15) is 10.5 Å². The molecule has 0 saturated heterocycles. The van der Waals surface area contributed by atoms with Crippen molar-refractivity contribution < 1.29 is 22.0 Å². The Labute approximate surface area is 118 Å². The van der Waals surface area contributed by atoms with E-state index in [1.165, 1.54) is 18.2 Å². The van der Waals surface area contributed by atoms with Gasteiger partial charge in [0.05, 0.1) is 16.8 Å². The zero-order valence-electron chi connectivity index (χ0n) is 10.2. The number of H-pyrrole nitrogens is 1. The summed E-state index contributed by atoms with van der Waals surface area (Å²) in [4.78, 5) is 23.3. The van der Waals surface area contributed by atoms with Crippen molar-refractivity contribution in [1.29, 1.82) is 0 Å². The van der Waals surface area contributed by atoms with Gasteiger partial charge in [-0.25, -0.2) is 0 Å². The van der Waals surface area contributed by atoms with Crippen molar-refractivity contribution in [2.75, 3.05) is 5.32 Å². The van der Waals surface area contributed by atoms with E-state index in [-0.39, 0.29) is 17.1 Å². The first-order chi connectivity index (χ1) is 9.79. The van der Waals surface area contributed by atoms with Crippen LogP contribution in [0.5, 0.6) is 0 Å². The largest absolute Gasteiger partial charge is 0.351 e. The van der Waals surface area contributed by atoms with Crippen LogP contribution in [0.25, 0.3) is 0 Å². The van der Waals surface area contributed by atoms with Gasteiger partial charge in [0.25, 0.3) is 11.6 Å². The molecule has 2 N–H and O–H groups in total. The van der Waals surface area contributed by atoms with E-state index in [9.17, 15) is 27.2 Å². The summed E-state index contributed by atoms with van der Waals surface area (Å²) in [6.07, 6.45) is 1.01. The number of rotatable bonds is 4. The van der Waals surface area contributed by atoms with Crippen molar-refractivity contribution in [3.63, 3.8) is 0 Å². The molecular weight excluding hydrogens is 305 g/mol. The van der Waals surface area contributed by atoms with E-state index in [1.54, 1.807) is 0 Å². The molecule has 0 aliphatic heterocycles. The monoisotopic (exact) mass is 313 g/mol. The molecule has 0 bridgehead atoms.